The number of nitrogens with one attached hydrogen (secondary N) is 2. The molecule has 0 amide bonds. The van der Waals surface area contributed by atoms with Gasteiger partial charge >= 0.3 is 0 Å². The molecule has 0 saturated carbocycles. The van der Waals surface area contributed by atoms with E-state index >= 15 is 0 Å². The minimum absolute atomic E-state index is 0.276. The van der Waals surface area contributed by atoms with Crippen LogP contribution in [0.2, 0.25) is 0 Å². The standard InChI is InChI=1S/C26H30FN5/c1-16(2)25-22-13-19(18-7-10-32(11-8-18)15-20-6-9-29-31-20)4-5-24(22)30-26(25)21-12-17(3)28-14-23(21)27/h4-6,9,12-14,16,18,30H,7-8,10-11,15H2,1-3H3,(H,29,31). The van der Waals surface area contributed by atoms with E-state index in [0.717, 1.165) is 49.4 Å². The molecule has 3 aromatic heterocycles. The topological polar surface area (TPSA) is 60.6 Å². The van der Waals surface area contributed by atoms with Gasteiger partial charge in [-0.3, -0.25) is 15.0 Å². The second-order valence-electron chi connectivity index (χ2n) is 9.31. The number of aromatic nitrogens is 4. The summed E-state index contributed by atoms with van der Waals surface area (Å²) in [6.45, 7) is 9.35. The first-order chi connectivity index (χ1) is 15.5. The molecule has 1 aromatic carbocycles. The summed E-state index contributed by atoms with van der Waals surface area (Å²) < 4.78 is 14.7. The Kier molecular flexibility index (Phi) is 5.55. The highest BCUT2D eigenvalue weighted by Crippen LogP contribution is 2.39. The molecule has 1 fully saturated rings. The largest absolute Gasteiger partial charge is 0.354 e. The minimum atomic E-state index is -0.283. The van der Waals surface area contributed by atoms with Gasteiger partial charge in [0.1, 0.15) is 0 Å². The summed E-state index contributed by atoms with van der Waals surface area (Å²) in [5, 5.41) is 8.33. The van der Waals surface area contributed by atoms with E-state index in [1.54, 1.807) is 0 Å². The van der Waals surface area contributed by atoms with E-state index in [4.69, 9.17) is 0 Å². The number of piperidine rings is 1. The Morgan fingerprint density at radius 1 is 1.16 bits per heavy atom. The molecule has 5 rings (SSSR count). The van der Waals surface area contributed by atoms with Gasteiger partial charge in [0.2, 0.25) is 0 Å². The van der Waals surface area contributed by atoms with Crippen LogP contribution in [0, 0.1) is 12.7 Å². The fourth-order valence-electron chi connectivity index (χ4n) is 5.07. The summed E-state index contributed by atoms with van der Waals surface area (Å²) in [4.78, 5) is 10.1. The number of aromatic amines is 2. The highest BCUT2D eigenvalue weighted by Gasteiger charge is 2.23. The molecule has 0 aliphatic carbocycles. The lowest BCUT2D eigenvalue weighted by Crippen LogP contribution is -2.32. The molecule has 0 bridgehead atoms. The number of hydrogen-bond acceptors (Lipinski definition) is 3. The normalized spacial score (nSPS) is 15.8. The van der Waals surface area contributed by atoms with Gasteiger partial charge in [-0.2, -0.15) is 5.10 Å². The quantitative estimate of drug-likeness (QED) is 0.413. The maximum atomic E-state index is 14.7. The number of H-pyrrole nitrogens is 2. The van der Waals surface area contributed by atoms with Crippen molar-refractivity contribution in [1.29, 1.82) is 0 Å². The van der Waals surface area contributed by atoms with Gasteiger partial charge in [0.25, 0.3) is 0 Å². The average Bonchev–Trinajstić information content (AvgIpc) is 3.43. The Labute approximate surface area is 188 Å². The van der Waals surface area contributed by atoms with Crippen LogP contribution in [0.1, 0.15) is 61.0 Å². The van der Waals surface area contributed by atoms with Gasteiger partial charge in [0.15, 0.2) is 5.82 Å². The summed E-state index contributed by atoms with van der Waals surface area (Å²) in [7, 11) is 0. The van der Waals surface area contributed by atoms with E-state index in [1.807, 2.05) is 25.3 Å². The molecule has 5 nitrogen and oxygen atoms in total. The van der Waals surface area contributed by atoms with Crippen LogP contribution in [0.25, 0.3) is 22.2 Å². The molecular formula is C26H30FN5. The molecule has 0 radical (unpaired) electrons. The average molecular weight is 432 g/mol. The number of pyridine rings is 1. The predicted octanol–water partition coefficient (Wildman–Crippen LogP) is 5.90. The summed E-state index contributed by atoms with van der Waals surface area (Å²) in [6, 6.07) is 10.6. The lowest BCUT2D eigenvalue weighted by atomic mass is 9.87. The summed E-state index contributed by atoms with van der Waals surface area (Å²) in [6.07, 6.45) is 5.43. The van der Waals surface area contributed by atoms with Gasteiger partial charge in [-0.05, 0) is 80.1 Å². The Morgan fingerprint density at radius 3 is 2.69 bits per heavy atom. The summed E-state index contributed by atoms with van der Waals surface area (Å²) in [5.74, 6) is 0.544. The van der Waals surface area contributed by atoms with Gasteiger partial charge in [-0.15, -0.1) is 0 Å². The summed E-state index contributed by atoms with van der Waals surface area (Å²) in [5.41, 5.74) is 7.11. The SMILES string of the molecule is Cc1cc(-c2[nH]c3ccc(C4CCN(Cc5ccn[nH]5)CC4)cc3c2C(C)C)c(F)cn1. The number of likely N-dealkylation sites (tertiary alicyclic amines) is 1. The molecule has 4 heterocycles. The van der Waals surface area contributed by atoms with Crippen molar-refractivity contribution in [3.8, 4) is 11.3 Å². The van der Waals surface area contributed by atoms with E-state index in [-0.39, 0.29) is 11.7 Å². The van der Waals surface area contributed by atoms with Crippen LogP contribution >= 0.6 is 0 Å². The second kappa shape index (κ2) is 8.51. The molecule has 1 aliphatic rings. The first-order valence-electron chi connectivity index (χ1n) is 11.5. The van der Waals surface area contributed by atoms with Crippen molar-refractivity contribution in [2.45, 2.75) is 52.0 Å². The zero-order valence-electron chi connectivity index (χ0n) is 19.0. The van der Waals surface area contributed by atoms with Gasteiger partial charge in [-0.25, -0.2) is 4.39 Å². The fourth-order valence-corrected chi connectivity index (χ4v) is 5.07. The van der Waals surface area contributed by atoms with Crippen LogP contribution in [0.4, 0.5) is 4.39 Å². The Morgan fingerprint density at radius 2 is 1.97 bits per heavy atom. The lowest BCUT2D eigenvalue weighted by molar-refractivity contribution is 0.202. The van der Waals surface area contributed by atoms with E-state index in [2.05, 4.69) is 57.1 Å². The van der Waals surface area contributed by atoms with Crippen LogP contribution in [-0.2, 0) is 6.54 Å². The number of aryl methyl sites for hydroxylation is 1. The first kappa shape index (κ1) is 20.9. The number of nitrogens with zero attached hydrogens (tertiary/aromatic N) is 3. The van der Waals surface area contributed by atoms with E-state index in [1.165, 1.54) is 28.4 Å². The Hall–Kier alpha value is -2.99. The molecule has 1 saturated heterocycles. The predicted molar refractivity (Wildman–Crippen MR) is 126 cm³/mol. The van der Waals surface area contributed by atoms with Gasteiger partial charge in [0, 0.05) is 40.6 Å². The van der Waals surface area contributed by atoms with E-state index in [0.29, 0.717) is 11.5 Å². The Bertz CT molecular complexity index is 1220. The van der Waals surface area contributed by atoms with Crippen molar-refractivity contribution in [3.63, 3.8) is 0 Å². The van der Waals surface area contributed by atoms with Crippen molar-refractivity contribution in [1.82, 2.24) is 25.1 Å². The van der Waals surface area contributed by atoms with Crippen LogP contribution in [0.15, 0.2) is 42.7 Å². The third kappa shape index (κ3) is 3.95. The monoisotopic (exact) mass is 431 g/mol. The molecule has 0 unspecified atom stereocenters. The number of halogens is 1. The maximum Gasteiger partial charge on any atom is 0.150 e. The minimum Gasteiger partial charge on any atom is -0.354 e. The van der Waals surface area contributed by atoms with Crippen LogP contribution in [0.3, 0.4) is 0 Å². The summed E-state index contributed by atoms with van der Waals surface area (Å²) >= 11 is 0. The zero-order chi connectivity index (χ0) is 22.2. The molecule has 1 aliphatic heterocycles. The second-order valence-corrected chi connectivity index (χ2v) is 9.31. The molecule has 166 valence electrons. The van der Waals surface area contributed by atoms with Gasteiger partial charge in [0.05, 0.1) is 11.9 Å². The van der Waals surface area contributed by atoms with Crippen molar-refractivity contribution in [2.75, 3.05) is 13.1 Å². The highest BCUT2D eigenvalue weighted by molar-refractivity contribution is 5.92. The first-order valence-corrected chi connectivity index (χ1v) is 11.5. The number of fused-ring (bicyclic) bond motifs is 1. The zero-order valence-corrected chi connectivity index (χ0v) is 19.0. The smallest absolute Gasteiger partial charge is 0.150 e. The van der Waals surface area contributed by atoms with Crippen molar-refractivity contribution in [3.05, 3.63) is 71.1 Å². The van der Waals surface area contributed by atoms with Gasteiger partial charge in [-0.1, -0.05) is 19.9 Å². The molecule has 2 N–H and O–H groups in total. The molecule has 0 atom stereocenters. The molecule has 32 heavy (non-hydrogen) atoms. The van der Waals surface area contributed by atoms with Crippen molar-refractivity contribution < 1.29 is 4.39 Å². The fraction of sp³-hybridized carbons (Fsp3) is 0.385. The lowest BCUT2D eigenvalue weighted by Gasteiger charge is -2.31. The molecular weight excluding hydrogens is 401 g/mol. The van der Waals surface area contributed by atoms with E-state index in [9.17, 15) is 4.39 Å². The van der Waals surface area contributed by atoms with E-state index < -0.39 is 0 Å². The van der Waals surface area contributed by atoms with Crippen molar-refractivity contribution in [2.24, 2.45) is 0 Å². The van der Waals surface area contributed by atoms with Crippen LogP contribution in [0.5, 0.6) is 0 Å². The highest BCUT2D eigenvalue weighted by atomic mass is 19.1. The third-order valence-electron chi connectivity index (χ3n) is 6.71. The molecule has 0 spiro atoms. The third-order valence-corrected chi connectivity index (χ3v) is 6.71. The van der Waals surface area contributed by atoms with Crippen LogP contribution < -0.4 is 0 Å². The number of hydrogen-bond donors (Lipinski definition) is 2. The van der Waals surface area contributed by atoms with Crippen molar-refractivity contribution >= 4 is 10.9 Å². The maximum absolute atomic E-state index is 14.7. The number of rotatable bonds is 5. The Balaban J connectivity index is 1.44. The van der Waals surface area contributed by atoms with Crippen LogP contribution in [-0.4, -0.2) is 38.2 Å². The molecule has 4 aromatic rings. The number of benzene rings is 1. The molecule has 6 heteroatoms. The van der Waals surface area contributed by atoms with Gasteiger partial charge < -0.3 is 4.98 Å².